The summed E-state index contributed by atoms with van der Waals surface area (Å²) in [5.74, 6) is 0.971. The van der Waals surface area contributed by atoms with Gasteiger partial charge >= 0.3 is 0 Å². The molecular formula is C21H31NO. The molecule has 0 bridgehead atoms. The van der Waals surface area contributed by atoms with E-state index in [1.54, 1.807) is 0 Å². The van der Waals surface area contributed by atoms with E-state index in [1.807, 2.05) is 0 Å². The highest BCUT2D eigenvalue weighted by Gasteiger charge is 2.12. The van der Waals surface area contributed by atoms with Crippen LogP contribution in [-0.2, 0) is 5.41 Å². The molecular weight excluding hydrogens is 282 g/mol. The van der Waals surface area contributed by atoms with Crippen LogP contribution in [0.4, 0.5) is 0 Å². The molecule has 0 amide bonds. The van der Waals surface area contributed by atoms with E-state index in [1.165, 1.54) is 24.0 Å². The van der Waals surface area contributed by atoms with Crippen LogP contribution in [0.25, 0.3) is 0 Å². The van der Waals surface area contributed by atoms with Gasteiger partial charge in [0, 0.05) is 13.1 Å². The molecule has 0 heterocycles. The standard InChI is InChI=1S/C21H31NO/c1-21(2,3)19-11-13-20(14-12-19)23-16-8-15-22(4)17-18-9-6-5-7-10-18/h6,9-14H,5,7-8,15-17H2,1-4H3. The summed E-state index contributed by atoms with van der Waals surface area (Å²) in [6, 6.07) is 8.51. The Labute approximate surface area is 141 Å². The number of likely N-dealkylation sites (N-methyl/N-ethyl adjacent to an activating group) is 1. The Hall–Kier alpha value is -1.54. The molecule has 1 aromatic rings. The number of hydrogen-bond acceptors (Lipinski definition) is 2. The van der Waals surface area contributed by atoms with E-state index in [9.17, 15) is 0 Å². The number of benzene rings is 1. The van der Waals surface area contributed by atoms with Gasteiger partial charge in [-0.15, -0.1) is 0 Å². The maximum atomic E-state index is 5.86. The SMILES string of the molecule is CN(CCCOc1ccc(C(C)(C)C)cc1)CC1=CCCC=C1. The molecule has 0 fully saturated rings. The Morgan fingerprint density at radius 1 is 1.09 bits per heavy atom. The van der Waals surface area contributed by atoms with Crippen molar-refractivity contribution >= 4 is 0 Å². The highest BCUT2D eigenvalue weighted by Crippen LogP contribution is 2.24. The fourth-order valence-corrected chi connectivity index (χ4v) is 2.75. The predicted octanol–water partition coefficient (Wildman–Crippen LogP) is 4.96. The van der Waals surface area contributed by atoms with E-state index in [0.29, 0.717) is 0 Å². The molecule has 1 aromatic carbocycles. The summed E-state index contributed by atoms with van der Waals surface area (Å²) in [4.78, 5) is 2.37. The van der Waals surface area contributed by atoms with Crippen molar-refractivity contribution in [3.05, 3.63) is 53.6 Å². The molecule has 23 heavy (non-hydrogen) atoms. The van der Waals surface area contributed by atoms with Crippen molar-refractivity contribution in [3.8, 4) is 5.75 Å². The van der Waals surface area contributed by atoms with Crippen molar-refractivity contribution < 1.29 is 4.74 Å². The zero-order valence-corrected chi connectivity index (χ0v) is 15.1. The fraction of sp³-hybridized carbons (Fsp3) is 0.524. The van der Waals surface area contributed by atoms with Crippen molar-refractivity contribution in [2.75, 3.05) is 26.7 Å². The Kier molecular flexibility index (Phi) is 6.47. The average Bonchev–Trinajstić information content (AvgIpc) is 2.52. The van der Waals surface area contributed by atoms with Gasteiger partial charge < -0.3 is 9.64 Å². The number of rotatable bonds is 7. The van der Waals surface area contributed by atoms with Crippen molar-refractivity contribution in [2.45, 2.75) is 45.4 Å². The van der Waals surface area contributed by atoms with Gasteiger partial charge in [-0.1, -0.05) is 51.1 Å². The van der Waals surface area contributed by atoms with Gasteiger partial charge in [0.1, 0.15) is 5.75 Å². The highest BCUT2D eigenvalue weighted by atomic mass is 16.5. The molecule has 0 radical (unpaired) electrons. The number of allylic oxidation sites excluding steroid dienone is 2. The average molecular weight is 313 g/mol. The maximum Gasteiger partial charge on any atom is 0.119 e. The number of ether oxygens (including phenoxy) is 1. The van der Waals surface area contributed by atoms with Crippen molar-refractivity contribution in [3.63, 3.8) is 0 Å². The van der Waals surface area contributed by atoms with E-state index in [4.69, 9.17) is 4.74 Å². The van der Waals surface area contributed by atoms with E-state index in [-0.39, 0.29) is 5.41 Å². The molecule has 0 N–H and O–H groups in total. The summed E-state index contributed by atoms with van der Waals surface area (Å²) in [6.45, 7) is 9.57. The Morgan fingerprint density at radius 3 is 2.43 bits per heavy atom. The van der Waals surface area contributed by atoms with Crippen LogP contribution in [0, 0.1) is 0 Å². The van der Waals surface area contributed by atoms with Gasteiger partial charge in [-0.05, 0) is 55.0 Å². The van der Waals surface area contributed by atoms with Crippen molar-refractivity contribution in [1.82, 2.24) is 4.90 Å². The van der Waals surface area contributed by atoms with Gasteiger partial charge in [0.25, 0.3) is 0 Å². The number of hydrogen-bond donors (Lipinski definition) is 0. The summed E-state index contributed by atoms with van der Waals surface area (Å²) in [5.41, 5.74) is 2.99. The quantitative estimate of drug-likeness (QED) is 0.660. The molecule has 0 saturated heterocycles. The van der Waals surface area contributed by atoms with Crippen LogP contribution in [0.1, 0.15) is 45.6 Å². The first-order valence-electron chi connectivity index (χ1n) is 8.72. The zero-order valence-electron chi connectivity index (χ0n) is 15.1. The lowest BCUT2D eigenvalue weighted by atomic mass is 9.87. The van der Waals surface area contributed by atoms with Crippen LogP contribution in [0.3, 0.4) is 0 Å². The molecule has 2 nitrogen and oxygen atoms in total. The molecule has 1 aliphatic rings. The summed E-state index contributed by atoms with van der Waals surface area (Å²) in [6.07, 6.45) is 10.3. The second kappa shape index (κ2) is 8.35. The third-order valence-electron chi connectivity index (χ3n) is 4.20. The lowest BCUT2D eigenvalue weighted by Crippen LogP contribution is -2.23. The smallest absolute Gasteiger partial charge is 0.119 e. The molecule has 0 atom stereocenters. The first kappa shape index (κ1) is 17.8. The Balaban J connectivity index is 1.67. The molecule has 0 spiro atoms. The second-order valence-electron chi connectivity index (χ2n) is 7.47. The zero-order chi connectivity index (χ0) is 16.7. The summed E-state index contributed by atoms with van der Waals surface area (Å²) >= 11 is 0. The van der Waals surface area contributed by atoms with Gasteiger partial charge in [0.15, 0.2) is 0 Å². The van der Waals surface area contributed by atoms with Crippen LogP contribution in [0.15, 0.2) is 48.1 Å². The van der Waals surface area contributed by atoms with Gasteiger partial charge in [-0.25, -0.2) is 0 Å². The van der Waals surface area contributed by atoms with Crippen LogP contribution >= 0.6 is 0 Å². The largest absolute Gasteiger partial charge is 0.494 e. The molecule has 0 aromatic heterocycles. The van der Waals surface area contributed by atoms with E-state index >= 15 is 0 Å². The van der Waals surface area contributed by atoms with E-state index in [0.717, 1.165) is 31.9 Å². The minimum atomic E-state index is 0.198. The molecule has 126 valence electrons. The maximum absolute atomic E-state index is 5.86. The van der Waals surface area contributed by atoms with Gasteiger partial charge in [0.2, 0.25) is 0 Å². The first-order valence-corrected chi connectivity index (χ1v) is 8.72. The lowest BCUT2D eigenvalue weighted by Gasteiger charge is -2.20. The molecule has 0 unspecified atom stereocenters. The van der Waals surface area contributed by atoms with Crippen LogP contribution in [0.5, 0.6) is 5.75 Å². The highest BCUT2D eigenvalue weighted by molar-refractivity contribution is 5.31. The summed E-state index contributed by atoms with van der Waals surface area (Å²) in [7, 11) is 2.18. The molecule has 0 saturated carbocycles. The number of nitrogens with zero attached hydrogens (tertiary/aromatic N) is 1. The second-order valence-corrected chi connectivity index (χ2v) is 7.47. The molecule has 2 rings (SSSR count). The Morgan fingerprint density at radius 2 is 1.83 bits per heavy atom. The molecule has 0 aliphatic heterocycles. The predicted molar refractivity (Wildman–Crippen MR) is 99.2 cm³/mol. The van der Waals surface area contributed by atoms with Gasteiger partial charge in [-0.3, -0.25) is 0 Å². The minimum Gasteiger partial charge on any atom is -0.494 e. The third kappa shape index (κ3) is 6.23. The van der Waals surface area contributed by atoms with Crippen molar-refractivity contribution in [1.29, 1.82) is 0 Å². The first-order chi connectivity index (χ1) is 10.9. The summed E-state index contributed by atoms with van der Waals surface area (Å²) in [5, 5.41) is 0. The lowest BCUT2D eigenvalue weighted by molar-refractivity contribution is 0.271. The fourth-order valence-electron chi connectivity index (χ4n) is 2.75. The summed E-state index contributed by atoms with van der Waals surface area (Å²) < 4.78 is 5.86. The van der Waals surface area contributed by atoms with Gasteiger partial charge in [-0.2, -0.15) is 0 Å². The molecule has 2 heteroatoms. The Bertz CT molecular complexity index is 534. The third-order valence-corrected chi connectivity index (χ3v) is 4.20. The minimum absolute atomic E-state index is 0.198. The topological polar surface area (TPSA) is 12.5 Å². The normalized spacial score (nSPS) is 14.9. The van der Waals surface area contributed by atoms with E-state index in [2.05, 4.69) is 75.2 Å². The van der Waals surface area contributed by atoms with Crippen molar-refractivity contribution in [2.24, 2.45) is 0 Å². The monoisotopic (exact) mass is 313 g/mol. The van der Waals surface area contributed by atoms with Crippen LogP contribution in [-0.4, -0.2) is 31.6 Å². The van der Waals surface area contributed by atoms with E-state index < -0.39 is 0 Å². The van der Waals surface area contributed by atoms with Crippen LogP contribution in [0.2, 0.25) is 0 Å². The van der Waals surface area contributed by atoms with Gasteiger partial charge in [0.05, 0.1) is 6.61 Å². The molecule has 1 aliphatic carbocycles. The van der Waals surface area contributed by atoms with Crippen LogP contribution < -0.4 is 4.74 Å².